The van der Waals surface area contributed by atoms with E-state index in [2.05, 4.69) is 5.32 Å². The second kappa shape index (κ2) is 11.5. The average Bonchev–Trinajstić information content (AvgIpc) is 3.38. The van der Waals surface area contributed by atoms with Crippen molar-refractivity contribution in [3.8, 4) is 5.75 Å². The number of carbonyl (C=O) groups is 1. The molecule has 2 aromatic rings. The maximum absolute atomic E-state index is 13.5. The van der Waals surface area contributed by atoms with E-state index in [4.69, 9.17) is 4.74 Å². The third kappa shape index (κ3) is 6.83. The highest BCUT2D eigenvalue weighted by Gasteiger charge is 2.39. The zero-order chi connectivity index (χ0) is 29.4. The lowest BCUT2D eigenvalue weighted by Gasteiger charge is -2.32. The fraction of sp³-hybridized carbons (Fsp3) is 0.536. The Balaban J connectivity index is 1.22. The fourth-order valence-electron chi connectivity index (χ4n) is 5.74. The van der Waals surface area contributed by atoms with Gasteiger partial charge in [-0.3, -0.25) is 9.69 Å². The SMILES string of the molecule is O=C(CC1CCCN1S(=O)(=O)c1cccc(C(F)(F)F)c1)NC1CCOc2cc(CN3CCC(F)(F)CC3)ccc21. The van der Waals surface area contributed by atoms with E-state index in [0.717, 1.165) is 33.6 Å². The van der Waals surface area contributed by atoms with Crippen LogP contribution < -0.4 is 10.1 Å². The van der Waals surface area contributed by atoms with Gasteiger partial charge in [0.15, 0.2) is 0 Å². The lowest BCUT2D eigenvalue weighted by Crippen LogP contribution is -2.40. The molecule has 2 aromatic carbocycles. The Morgan fingerprint density at radius 2 is 1.80 bits per heavy atom. The number of halogens is 5. The molecule has 5 rings (SSSR count). The Hall–Kier alpha value is -2.77. The van der Waals surface area contributed by atoms with Crippen molar-refractivity contribution in [3.05, 3.63) is 59.2 Å². The predicted molar refractivity (Wildman–Crippen MR) is 140 cm³/mol. The molecular formula is C28H32F5N3O4S. The Bertz CT molecular complexity index is 1380. The van der Waals surface area contributed by atoms with Crippen molar-refractivity contribution >= 4 is 15.9 Å². The van der Waals surface area contributed by atoms with Crippen LogP contribution in [-0.4, -0.2) is 61.7 Å². The van der Waals surface area contributed by atoms with Crippen LogP contribution in [0.3, 0.4) is 0 Å². The van der Waals surface area contributed by atoms with Crippen LogP contribution in [0.25, 0.3) is 0 Å². The van der Waals surface area contributed by atoms with Crippen LogP contribution in [0, 0.1) is 0 Å². The molecule has 7 nitrogen and oxygen atoms in total. The minimum absolute atomic E-state index is 0.119. The highest BCUT2D eigenvalue weighted by Crippen LogP contribution is 2.36. The number of hydrogen-bond donors (Lipinski definition) is 1. The number of alkyl halides is 5. The van der Waals surface area contributed by atoms with Crippen LogP contribution in [0.5, 0.6) is 5.75 Å². The zero-order valence-corrected chi connectivity index (χ0v) is 23.1. The van der Waals surface area contributed by atoms with Gasteiger partial charge in [-0.05, 0) is 42.7 Å². The number of hydrogen-bond acceptors (Lipinski definition) is 5. The molecule has 224 valence electrons. The van der Waals surface area contributed by atoms with Crippen LogP contribution in [-0.2, 0) is 27.5 Å². The van der Waals surface area contributed by atoms with Gasteiger partial charge < -0.3 is 10.1 Å². The van der Waals surface area contributed by atoms with Gasteiger partial charge >= 0.3 is 6.18 Å². The van der Waals surface area contributed by atoms with Gasteiger partial charge in [-0.15, -0.1) is 0 Å². The minimum atomic E-state index is -4.68. The molecule has 3 heterocycles. The van der Waals surface area contributed by atoms with Crippen LogP contribution >= 0.6 is 0 Å². The first-order chi connectivity index (χ1) is 19.3. The molecule has 2 saturated heterocycles. The van der Waals surface area contributed by atoms with Crippen molar-refractivity contribution in [2.75, 3.05) is 26.2 Å². The average molecular weight is 602 g/mol. The molecule has 0 radical (unpaired) electrons. The normalized spacial score (nSPS) is 23.5. The molecule has 41 heavy (non-hydrogen) atoms. The number of nitrogens with one attached hydrogen (secondary N) is 1. The Labute approximate surface area is 235 Å². The molecule has 0 aliphatic carbocycles. The van der Waals surface area contributed by atoms with Gasteiger partial charge in [0.05, 0.1) is 23.1 Å². The van der Waals surface area contributed by atoms with E-state index in [1.807, 2.05) is 23.1 Å². The van der Waals surface area contributed by atoms with E-state index < -0.39 is 38.6 Å². The van der Waals surface area contributed by atoms with Gasteiger partial charge in [0, 0.05) is 63.5 Å². The summed E-state index contributed by atoms with van der Waals surface area (Å²) in [6.07, 6.45) is -3.71. The highest BCUT2D eigenvalue weighted by atomic mass is 32.2. The smallest absolute Gasteiger partial charge is 0.416 e. The number of piperidine rings is 1. The van der Waals surface area contributed by atoms with Crippen molar-refractivity contribution in [3.63, 3.8) is 0 Å². The largest absolute Gasteiger partial charge is 0.493 e. The van der Waals surface area contributed by atoms with Crippen molar-refractivity contribution in [1.82, 2.24) is 14.5 Å². The van der Waals surface area contributed by atoms with Crippen molar-refractivity contribution < 1.29 is 39.9 Å². The third-order valence-electron chi connectivity index (χ3n) is 7.96. The topological polar surface area (TPSA) is 79.0 Å². The van der Waals surface area contributed by atoms with E-state index in [0.29, 0.717) is 57.3 Å². The second-order valence-corrected chi connectivity index (χ2v) is 12.8. The second-order valence-electron chi connectivity index (χ2n) is 10.9. The van der Waals surface area contributed by atoms with Crippen molar-refractivity contribution in [2.45, 2.75) is 74.1 Å². The summed E-state index contributed by atoms with van der Waals surface area (Å²) < 4.78 is 99.9. The minimum Gasteiger partial charge on any atom is -0.493 e. The van der Waals surface area contributed by atoms with Gasteiger partial charge in [0.25, 0.3) is 5.92 Å². The standard InChI is InChI=1S/C28H32F5N3O4S/c29-27(30)9-12-35(13-10-27)18-19-6-7-23-24(8-14-40-25(23)15-19)34-26(37)17-21-4-2-11-36(21)41(38,39)22-5-1-3-20(16-22)28(31,32)33/h1,3,5-7,15-16,21,24H,2,4,8-14,17-18H2,(H,34,37). The van der Waals surface area contributed by atoms with Gasteiger partial charge in [-0.2, -0.15) is 17.5 Å². The first-order valence-corrected chi connectivity index (χ1v) is 15.1. The lowest BCUT2D eigenvalue weighted by molar-refractivity contribution is -0.137. The van der Waals surface area contributed by atoms with Crippen molar-refractivity contribution in [1.29, 1.82) is 0 Å². The molecule has 0 saturated carbocycles. The number of carbonyl (C=O) groups excluding carboxylic acids is 1. The number of ether oxygens (including phenoxy) is 1. The molecule has 3 aliphatic rings. The lowest BCUT2D eigenvalue weighted by atomic mass is 9.97. The van der Waals surface area contributed by atoms with E-state index >= 15 is 0 Å². The fourth-order valence-corrected chi connectivity index (χ4v) is 7.48. The molecular weight excluding hydrogens is 569 g/mol. The van der Waals surface area contributed by atoms with Crippen LogP contribution in [0.15, 0.2) is 47.4 Å². The molecule has 2 atom stereocenters. The Morgan fingerprint density at radius 1 is 1.05 bits per heavy atom. The molecule has 1 N–H and O–H groups in total. The summed E-state index contributed by atoms with van der Waals surface area (Å²) >= 11 is 0. The Kier molecular flexibility index (Phi) is 8.32. The monoisotopic (exact) mass is 601 g/mol. The number of sulfonamides is 1. The highest BCUT2D eigenvalue weighted by molar-refractivity contribution is 7.89. The number of amides is 1. The van der Waals surface area contributed by atoms with E-state index in [9.17, 15) is 35.2 Å². The number of fused-ring (bicyclic) bond motifs is 1. The van der Waals surface area contributed by atoms with Gasteiger partial charge in [0.1, 0.15) is 5.75 Å². The molecule has 2 fully saturated rings. The Morgan fingerprint density at radius 3 is 2.54 bits per heavy atom. The number of nitrogens with zero attached hydrogens (tertiary/aromatic N) is 2. The summed E-state index contributed by atoms with van der Waals surface area (Å²) in [5, 5.41) is 2.97. The molecule has 0 spiro atoms. The van der Waals surface area contributed by atoms with Crippen molar-refractivity contribution in [2.24, 2.45) is 0 Å². The first-order valence-electron chi connectivity index (χ1n) is 13.7. The summed E-state index contributed by atoms with van der Waals surface area (Å²) in [5.74, 6) is -2.37. The summed E-state index contributed by atoms with van der Waals surface area (Å²) in [7, 11) is -4.23. The first kappa shape index (κ1) is 29.7. The molecule has 1 amide bonds. The maximum atomic E-state index is 13.5. The number of rotatable bonds is 7. The maximum Gasteiger partial charge on any atom is 0.416 e. The van der Waals surface area contributed by atoms with Crippen LogP contribution in [0.4, 0.5) is 22.0 Å². The van der Waals surface area contributed by atoms with Crippen LogP contribution in [0.2, 0.25) is 0 Å². The predicted octanol–water partition coefficient (Wildman–Crippen LogP) is 5.12. The molecule has 2 unspecified atom stereocenters. The van der Waals surface area contributed by atoms with Crippen LogP contribution in [0.1, 0.15) is 61.3 Å². The summed E-state index contributed by atoms with van der Waals surface area (Å²) in [6, 6.07) is 8.21. The number of likely N-dealkylation sites (tertiary alicyclic amines) is 1. The van der Waals surface area contributed by atoms with Gasteiger partial charge in [-0.25, -0.2) is 17.2 Å². The van der Waals surface area contributed by atoms with E-state index in [1.54, 1.807) is 0 Å². The zero-order valence-electron chi connectivity index (χ0n) is 22.3. The van der Waals surface area contributed by atoms with Gasteiger partial charge in [0.2, 0.25) is 15.9 Å². The molecule has 3 aliphatic heterocycles. The third-order valence-corrected chi connectivity index (χ3v) is 9.91. The quantitative estimate of drug-likeness (QED) is 0.446. The molecule has 0 aromatic heterocycles. The summed E-state index contributed by atoms with van der Waals surface area (Å²) in [6.45, 7) is 1.61. The van der Waals surface area contributed by atoms with E-state index in [1.165, 1.54) is 0 Å². The molecule has 13 heteroatoms. The summed E-state index contributed by atoms with van der Waals surface area (Å²) in [5.41, 5.74) is 0.645. The van der Waals surface area contributed by atoms with E-state index in [-0.39, 0.29) is 37.8 Å². The van der Waals surface area contributed by atoms with Gasteiger partial charge in [-0.1, -0.05) is 18.2 Å². The number of benzene rings is 2. The summed E-state index contributed by atoms with van der Waals surface area (Å²) in [4.78, 5) is 14.6. The molecule has 0 bridgehead atoms.